The van der Waals surface area contributed by atoms with E-state index in [0.717, 1.165) is 58.5 Å². The lowest BCUT2D eigenvalue weighted by Gasteiger charge is -2.17. The molecule has 1 aliphatic carbocycles. The Bertz CT molecular complexity index is 1210. The summed E-state index contributed by atoms with van der Waals surface area (Å²) in [4.78, 5) is 20.0. The Labute approximate surface area is 173 Å². The first-order chi connectivity index (χ1) is 14.6. The minimum atomic E-state index is 0.322. The van der Waals surface area contributed by atoms with Gasteiger partial charge in [0.2, 0.25) is 6.41 Å². The number of nitrogens with one attached hydrogen (secondary N) is 2. The summed E-state index contributed by atoms with van der Waals surface area (Å²) in [5.41, 5.74) is 4.58. The molecule has 8 nitrogen and oxygen atoms in total. The van der Waals surface area contributed by atoms with Crippen LogP contribution in [0.25, 0.3) is 33.5 Å². The normalized spacial score (nSPS) is 13.8. The number of amides is 1. The third-order valence-electron chi connectivity index (χ3n) is 5.29. The van der Waals surface area contributed by atoms with Crippen LogP contribution in [0, 0.1) is 0 Å². The number of aromatic amines is 2. The second-order valence-corrected chi connectivity index (χ2v) is 7.97. The van der Waals surface area contributed by atoms with Gasteiger partial charge < -0.3 is 9.80 Å². The van der Waals surface area contributed by atoms with Crippen molar-refractivity contribution < 1.29 is 4.79 Å². The SMILES string of the molecule is CN(C)Cc1nc(-c2ccc3[nH]nc(-c4cccc(N(C=O)C5CC5)c4)c3c2)n[nH]1. The van der Waals surface area contributed by atoms with Gasteiger partial charge in [-0.2, -0.15) is 10.2 Å². The number of hydrogen-bond acceptors (Lipinski definition) is 5. The minimum Gasteiger partial charge on any atom is -0.312 e. The van der Waals surface area contributed by atoms with E-state index in [1.165, 1.54) is 0 Å². The molecular weight excluding hydrogens is 378 g/mol. The summed E-state index contributed by atoms with van der Waals surface area (Å²) >= 11 is 0. The Morgan fingerprint density at radius 2 is 1.93 bits per heavy atom. The molecule has 2 aromatic heterocycles. The van der Waals surface area contributed by atoms with Crippen molar-refractivity contribution in [3.63, 3.8) is 0 Å². The van der Waals surface area contributed by atoms with E-state index in [2.05, 4.69) is 31.4 Å². The van der Waals surface area contributed by atoms with Crippen molar-refractivity contribution in [1.29, 1.82) is 0 Å². The molecular formula is C22H23N7O. The van der Waals surface area contributed by atoms with Crippen LogP contribution in [-0.4, -0.2) is 56.8 Å². The molecule has 1 saturated carbocycles. The van der Waals surface area contributed by atoms with Crippen molar-refractivity contribution >= 4 is 23.0 Å². The van der Waals surface area contributed by atoms with Crippen LogP contribution in [0.15, 0.2) is 42.5 Å². The minimum absolute atomic E-state index is 0.322. The molecule has 1 fully saturated rings. The maximum atomic E-state index is 11.6. The summed E-state index contributed by atoms with van der Waals surface area (Å²) in [6.07, 6.45) is 3.04. The van der Waals surface area contributed by atoms with Gasteiger partial charge in [-0.25, -0.2) is 4.98 Å². The molecule has 0 saturated heterocycles. The molecule has 4 aromatic rings. The maximum Gasteiger partial charge on any atom is 0.214 e. The topological polar surface area (TPSA) is 93.8 Å². The number of aromatic nitrogens is 5. The van der Waals surface area contributed by atoms with Crippen LogP contribution in [0.5, 0.6) is 0 Å². The van der Waals surface area contributed by atoms with Gasteiger partial charge in [0.1, 0.15) is 5.82 Å². The van der Waals surface area contributed by atoms with Crippen LogP contribution in [0.2, 0.25) is 0 Å². The molecule has 1 aliphatic rings. The summed E-state index contributed by atoms with van der Waals surface area (Å²) in [6.45, 7) is 0.702. The van der Waals surface area contributed by atoms with Crippen molar-refractivity contribution in [2.45, 2.75) is 25.4 Å². The van der Waals surface area contributed by atoms with Crippen molar-refractivity contribution in [1.82, 2.24) is 30.3 Å². The highest BCUT2D eigenvalue weighted by atomic mass is 16.1. The number of nitrogens with zero attached hydrogens (tertiary/aromatic N) is 5. The Morgan fingerprint density at radius 1 is 1.07 bits per heavy atom. The highest BCUT2D eigenvalue weighted by molar-refractivity contribution is 5.96. The average molecular weight is 401 g/mol. The standard InChI is InChI=1S/C22H23N7O/c1-28(2)12-20-23-22(27-25-20)15-6-9-19-18(11-15)21(26-24-19)14-4-3-5-17(10-14)29(13-30)16-7-8-16/h3-6,9-11,13,16H,7-8,12H2,1-2H3,(H,24,26)(H,23,25,27). The smallest absolute Gasteiger partial charge is 0.214 e. The largest absolute Gasteiger partial charge is 0.312 e. The number of carbonyl (C=O) groups excluding carboxylic acids is 1. The molecule has 5 rings (SSSR count). The summed E-state index contributed by atoms with van der Waals surface area (Å²) in [5.74, 6) is 1.49. The highest BCUT2D eigenvalue weighted by Crippen LogP contribution is 2.34. The molecule has 1 amide bonds. The third kappa shape index (κ3) is 3.46. The number of H-pyrrole nitrogens is 2. The van der Waals surface area contributed by atoms with Gasteiger partial charge in [-0.15, -0.1) is 0 Å². The van der Waals surface area contributed by atoms with Crippen LogP contribution < -0.4 is 4.90 Å². The summed E-state index contributed by atoms with van der Waals surface area (Å²) < 4.78 is 0. The summed E-state index contributed by atoms with van der Waals surface area (Å²) in [7, 11) is 3.99. The fourth-order valence-corrected chi connectivity index (χ4v) is 3.69. The van der Waals surface area contributed by atoms with Crippen molar-refractivity contribution in [2.24, 2.45) is 0 Å². The van der Waals surface area contributed by atoms with Gasteiger partial charge in [0.25, 0.3) is 0 Å². The van der Waals surface area contributed by atoms with Gasteiger partial charge in [0, 0.05) is 28.2 Å². The molecule has 2 heterocycles. The van der Waals surface area contributed by atoms with Gasteiger partial charge in [-0.1, -0.05) is 12.1 Å². The van der Waals surface area contributed by atoms with Gasteiger partial charge in [-0.05, 0) is 57.3 Å². The predicted octanol–water partition coefficient (Wildman–Crippen LogP) is 3.20. The van der Waals surface area contributed by atoms with Gasteiger partial charge in [-0.3, -0.25) is 15.0 Å². The maximum absolute atomic E-state index is 11.6. The highest BCUT2D eigenvalue weighted by Gasteiger charge is 2.29. The molecule has 0 spiro atoms. The first kappa shape index (κ1) is 18.5. The van der Waals surface area contributed by atoms with Crippen molar-refractivity contribution in [3.05, 3.63) is 48.3 Å². The van der Waals surface area contributed by atoms with Crippen LogP contribution >= 0.6 is 0 Å². The number of carbonyl (C=O) groups is 1. The first-order valence-corrected chi connectivity index (χ1v) is 10.0. The van der Waals surface area contributed by atoms with Crippen molar-refractivity contribution in [3.8, 4) is 22.6 Å². The first-order valence-electron chi connectivity index (χ1n) is 10.0. The molecule has 0 aliphatic heterocycles. The van der Waals surface area contributed by atoms with Crippen LogP contribution in [-0.2, 0) is 11.3 Å². The van der Waals surface area contributed by atoms with E-state index in [9.17, 15) is 4.79 Å². The summed E-state index contributed by atoms with van der Waals surface area (Å²) in [5, 5.41) is 16.0. The van der Waals surface area contributed by atoms with E-state index in [1.54, 1.807) is 0 Å². The van der Waals surface area contributed by atoms with Crippen molar-refractivity contribution in [2.75, 3.05) is 19.0 Å². The number of rotatable bonds is 7. The zero-order valence-corrected chi connectivity index (χ0v) is 17.0. The number of hydrogen-bond donors (Lipinski definition) is 2. The molecule has 30 heavy (non-hydrogen) atoms. The molecule has 0 unspecified atom stereocenters. The fraction of sp³-hybridized carbons (Fsp3) is 0.273. The molecule has 0 bridgehead atoms. The Balaban J connectivity index is 1.52. The Morgan fingerprint density at radius 3 is 2.70 bits per heavy atom. The predicted molar refractivity (Wildman–Crippen MR) is 116 cm³/mol. The molecule has 2 N–H and O–H groups in total. The van der Waals surface area contributed by atoms with Crippen LogP contribution in [0.4, 0.5) is 5.69 Å². The average Bonchev–Trinajstić information content (AvgIpc) is 3.31. The van der Waals surface area contributed by atoms with E-state index < -0.39 is 0 Å². The van der Waals surface area contributed by atoms with Gasteiger partial charge in [0.05, 0.1) is 17.8 Å². The Kier molecular flexibility index (Phi) is 4.55. The van der Waals surface area contributed by atoms with E-state index in [0.29, 0.717) is 18.4 Å². The molecule has 2 aromatic carbocycles. The second kappa shape index (κ2) is 7.38. The fourth-order valence-electron chi connectivity index (χ4n) is 3.69. The second-order valence-electron chi connectivity index (χ2n) is 7.97. The molecule has 0 atom stereocenters. The molecule has 0 radical (unpaired) electrons. The molecule has 152 valence electrons. The quantitative estimate of drug-likeness (QED) is 0.464. The lowest BCUT2D eigenvalue weighted by molar-refractivity contribution is -0.107. The number of fused-ring (bicyclic) bond motifs is 1. The molecule has 8 heteroatoms. The lowest BCUT2D eigenvalue weighted by atomic mass is 10.0. The van der Waals surface area contributed by atoms with E-state index >= 15 is 0 Å². The zero-order chi connectivity index (χ0) is 20.7. The van der Waals surface area contributed by atoms with E-state index in [4.69, 9.17) is 0 Å². The van der Waals surface area contributed by atoms with Gasteiger partial charge in [0.15, 0.2) is 5.82 Å². The number of anilines is 1. The van der Waals surface area contributed by atoms with E-state index in [1.807, 2.05) is 60.3 Å². The van der Waals surface area contributed by atoms with Crippen LogP contribution in [0.3, 0.4) is 0 Å². The Hall–Kier alpha value is -3.52. The van der Waals surface area contributed by atoms with Gasteiger partial charge >= 0.3 is 0 Å². The van der Waals surface area contributed by atoms with E-state index in [-0.39, 0.29) is 0 Å². The zero-order valence-electron chi connectivity index (χ0n) is 17.0. The monoisotopic (exact) mass is 401 g/mol. The third-order valence-corrected chi connectivity index (χ3v) is 5.29. The van der Waals surface area contributed by atoms with Crippen LogP contribution in [0.1, 0.15) is 18.7 Å². The number of benzene rings is 2. The summed E-state index contributed by atoms with van der Waals surface area (Å²) in [6, 6.07) is 14.3. The lowest BCUT2D eigenvalue weighted by Crippen LogP contribution is -2.23.